The molecule has 1 aromatic rings. The number of likely N-dealkylation sites (N-methyl/N-ethyl adjacent to an activating group) is 1. The molecule has 0 radical (unpaired) electrons. The van der Waals surface area contributed by atoms with E-state index < -0.39 is 0 Å². The second-order valence-corrected chi connectivity index (χ2v) is 4.74. The fraction of sp³-hybridized carbons (Fsp3) is 0.429. The number of morpholine rings is 1. The molecule has 1 heterocycles. The highest BCUT2D eigenvalue weighted by Crippen LogP contribution is 2.18. The van der Waals surface area contributed by atoms with Crippen molar-refractivity contribution in [1.82, 2.24) is 0 Å². The van der Waals surface area contributed by atoms with Crippen LogP contribution >= 0.6 is 0 Å². The molecule has 0 bridgehead atoms. The van der Waals surface area contributed by atoms with Gasteiger partial charge in [-0.15, -0.1) is 0 Å². The Hall–Kier alpha value is -0.830. The Kier molecular flexibility index (Phi) is 5.19. The third-order valence-corrected chi connectivity index (χ3v) is 3.38. The van der Waals surface area contributed by atoms with Crippen molar-refractivity contribution in [2.45, 2.75) is 6.54 Å². The standard InChI is InChI=1S/C14H20NO.ClH/c1-3-13-6-4-5-7-14(13)12-15(2)8-10-16-11-9-15;/h3-7H,1,8-12H2,2H3;1H/q+1;/p-1. The Morgan fingerprint density at radius 3 is 2.59 bits per heavy atom. The molecule has 0 aliphatic carbocycles. The number of nitrogens with zero attached hydrogens (tertiary/aromatic N) is 1. The summed E-state index contributed by atoms with van der Waals surface area (Å²) in [4.78, 5) is 0. The molecular weight excluding hydrogens is 234 g/mol. The largest absolute Gasteiger partial charge is 1.00 e. The molecule has 0 N–H and O–H groups in total. The molecule has 0 aromatic heterocycles. The first-order valence-corrected chi connectivity index (χ1v) is 5.85. The van der Waals surface area contributed by atoms with Crippen molar-refractivity contribution >= 4 is 6.08 Å². The van der Waals surface area contributed by atoms with E-state index in [1.54, 1.807) is 0 Å². The van der Waals surface area contributed by atoms with Crippen molar-refractivity contribution in [3.05, 3.63) is 42.0 Å². The van der Waals surface area contributed by atoms with Crippen LogP contribution in [-0.2, 0) is 11.3 Å². The van der Waals surface area contributed by atoms with E-state index in [0.717, 1.165) is 37.3 Å². The molecule has 1 aromatic carbocycles. The number of hydrogen-bond donors (Lipinski definition) is 0. The van der Waals surface area contributed by atoms with Gasteiger partial charge in [-0.05, 0) is 5.56 Å². The predicted molar refractivity (Wildman–Crippen MR) is 67.0 cm³/mol. The second kappa shape index (κ2) is 6.20. The van der Waals surface area contributed by atoms with Crippen LogP contribution in [0.15, 0.2) is 30.8 Å². The Labute approximate surface area is 110 Å². The highest BCUT2D eigenvalue weighted by atomic mass is 35.5. The van der Waals surface area contributed by atoms with Gasteiger partial charge in [0.05, 0.1) is 20.3 Å². The van der Waals surface area contributed by atoms with Crippen molar-refractivity contribution in [3.8, 4) is 0 Å². The van der Waals surface area contributed by atoms with Gasteiger partial charge in [0, 0.05) is 5.56 Å². The van der Waals surface area contributed by atoms with Crippen molar-refractivity contribution in [2.24, 2.45) is 0 Å². The maximum atomic E-state index is 5.42. The SMILES string of the molecule is C=Cc1ccccc1C[N+]1(C)CCOCC1.[Cl-]. The van der Waals surface area contributed by atoms with Crippen LogP contribution < -0.4 is 12.4 Å². The maximum absolute atomic E-state index is 5.42. The average Bonchev–Trinajstić information content (AvgIpc) is 2.30. The summed E-state index contributed by atoms with van der Waals surface area (Å²) >= 11 is 0. The molecule has 1 saturated heterocycles. The van der Waals surface area contributed by atoms with Crippen molar-refractivity contribution < 1.29 is 21.6 Å². The number of rotatable bonds is 3. The summed E-state index contributed by atoms with van der Waals surface area (Å²) in [5, 5.41) is 0. The Bertz CT molecular complexity index is 372. The lowest BCUT2D eigenvalue weighted by atomic mass is 10.1. The summed E-state index contributed by atoms with van der Waals surface area (Å²) in [5.41, 5.74) is 2.65. The lowest BCUT2D eigenvalue weighted by molar-refractivity contribution is -0.929. The molecule has 2 rings (SSSR count). The van der Waals surface area contributed by atoms with E-state index >= 15 is 0 Å². The number of ether oxygens (including phenoxy) is 1. The lowest BCUT2D eigenvalue weighted by Gasteiger charge is -2.37. The van der Waals surface area contributed by atoms with Crippen molar-refractivity contribution in [1.29, 1.82) is 0 Å². The fourth-order valence-corrected chi connectivity index (χ4v) is 2.23. The van der Waals surface area contributed by atoms with Crippen LogP contribution in [0.5, 0.6) is 0 Å². The molecule has 94 valence electrons. The van der Waals surface area contributed by atoms with Crippen LogP contribution in [-0.4, -0.2) is 37.8 Å². The van der Waals surface area contributed by atoms with Crippen LogP contribution in [0.3, 0.4) is 0 Å². The molecule has 1 fully saturated rings. The molecule has 0 spiro atoms. The van der Waals surface area contributed by atoms with Gasteiger partial charge in [0.1, 0.15) is 19.6 Å². The highest BCUT2D eigenvalue weighted by molar-refractivity contribution is 5.51. The quantitative estimate of drug-likeness (QED) is 0.648. The van der Waals surface area contributed by atoms with E-state index in [0.29, 0.717) is 0 Å². The first kappa shape index (κ1) is 14.2. The number of benzene rings is 1. The van der Waals surface area contributed by atoms with Gasteiger partial charge in [0.15, 0.2) is 0 Å². The van der Waals surface area contributed by atoms with Gasteiger partial charge >= 0.3 is 0 Å². The highest BCUT2D eigenvalue weighted by Gasteiger charge is 2.25. The van der Waals surface area contributed by atoms with Gasteiger partial charge in [0.2, 0.25) is 0 Å². The van der Waals surface area contributed by atoms with E-state index in [9.17, 15) is 0 Å². The summed E-state index contributed by atoms with van der Waals surface area (Å²) in [7, 11) is 2.31. The Balaban J connectivity index is 0.00000144. The molecule has 2 nitrogen and oxygen atoms in total. The van der Waals surface area contributed by atoms with Gasteiger partial charge in [-0.25, -0.2) is 0 Å². The zero-order valence-corrected chi connectivity index (χ0v) is 11.1. The Morgan fingerprint density at radius 2 is 1.94 bits per heavy atom. The third-order valence-electron chi connectivity index (χ3n) is 3.38. The molecule has 3 heteroatoms. The van der Waals surface area contributed by atoms with Crippen LogP contribution in [0.2, 0.25) is 0 Å². The number of hydrogen-bond acceptors (Lipinski definition) is 1. The van der Waals surface area contributed by atoms with E-state index in [1.807, 2.05) is 6.08 Å². The predicted octanol–water partition coefficient (Wildman–Crippen LogP) is -0.690. The normalized spacial score (nSPS) is 18.2. The van der Waals surface area contributed by atoms with E-state index in [2.05, 4.69) is 37.9 Å². The molecule has 0 atom stereocenters. The molecule has 0 unspecified atom stereocenters. The summed E-state index contributed by atoms with van der Waals surface area (Å²) in [6.45, 7) is 8.92. The molecular formula is C14H20ClNO. The second-order valence-electron chi connectivity index (χ2n) is 4.74. The smallest absolute Gasteiger partial charge is 0.105 e. The third kappa shape index (κ3) is 3.56. The van der Waals surface area contributed by atoms with Crippen LogP contribution in [0.4, 0.5) is 0 Å². The van der Waals surface area contributed by atoms with E-state index in [4.69, 9.17) is 4.74 Å². The molecule has 0 amide bonds. The summed E-state index contributed by atoms with van der Waals surface area (Å²) in [5.74, 6) is 0. The lowest BCUT2D eigenvalue weighted by Crippen LogP contribution is -3.00. The van der Waals surface area contributed by atoms with Gasteiger partial charge in [-0.3, -0.25) is 0 Å². The van der Waals surface area contributed by atoms with Crippen LogP contribution in [0.1, 0.15) is 11.1 Å². The number of halogens is 1. The first-order valence-electron chi connectivity index (χ1n) is 5.85. The van der Waals surface area contributed by atoms with Gasteiger partial charge in [0.25, 0.3) is 0 Å². The monoisotopic (exact) mass is 253 g/mol. The van der Waals surface area contributed by atoms with Crippen LogP contribution in [0, 0.1) is 0 Å². The number of quaternary nitrogens is 1. The molecule has 1 aliphatic rings. The topological polar surface area (TPSA) is 9.23 Å². The minimum Gasteiger partial charge on any atom is -1.00 e. The maximum Gasteiger partial charge on any atom is 0.105 e. The minimum atomic E-state index is 0. The molecule has 1 aliphatic heterocycles. The van der Waals surface area contributed by atoms with Crippen LogP contribution in [0.25, 0.3) is 6.08 Å². The van der Waals surface area contributed by atoms with Crippen molar-refractivity contribution in [3.63, 3.8) is 0 Å². The van der Waals surface area contributed by atoms with Gasteiger partial charge < -0.3 is 21.6 Å². The molecule has 17 heavy (non-hydrogen) atoms. The summed E-state index contributed by atoms with van der Waals surface area (Å²) in [6, 6.07) is 8.51. The van der Waals surface area contributed by atoms with Gasteiger partial charge in [-0.1, -0.05) is 36.9 Å². The minimum absolute atomic E-state index is 0. The fourth-order valence-electron chi connectivity index (χ4n) is 2.23. The zero-order chi connectivity index (χ0) is 11.4. The summed E-state index contributed by atoms with van der Waals surface area (Å²) < 4.78 is 6.50. The Morgan fingerprint density at radius 1 is 1.29 bits per heavy atom. The summed E-state index contributed by atoms with van der Waals surface area (Å²) in [6.07, 6.45) is 1.95. The first-order chi connectivity index (χ1) is 7.73. The van der Waals surface area contributed by atoms with Crippen molar-refractivity contribution in [2.75, 3.05) is 33.4 Å². The van der Waals surface area contributed by atoms with E-state index in [1.165, 1.54) is 11.1 Å². The zero-order valence-electron chi connectivity index (χ0n) is 10.4. The van der Waals surface area contributed by atoms with E-state index in [-0.39, 0.29) is 12.4 Å². The van der Waals surface area contributed by atoms with Gasteiger partial charge in [-0.2, -0.15) is 0 Å². The molecule has 0 saturated carbocycles. The average molecular weight is 254 g/mol.